The van der Waals surface area contributed by atoms with Gasteiger partial charge in [-0.25, -0.2) is 0 Å². The molecule has 4 N–H and O–H groups in total. The average molecular weight is 395 g/mol. The van der Waals surface area contributed by atoms with Crippen LogP contribution in [0, 0.1) is 0 Å². The molecule has 0 spiro atoms. The molecule has 0 bridgehead atoms. The highest BCUT2D eigenvalue weighted by Crippen LogP contribution is 2.24. The number of benzene rings is 2. The number of aliphatic imine (C=N–C) groups is 1. The Morgan fingerprint density at radius 1 is 1.17 bits per heavy atom. The van der Waals surface area contributed by atoms with Crippen molar-refractivity contribution in [3.05, 3.63) is 64.7 Å². The van der Waals surface area contributed by atoms with Crippen molar-refractivity contribution in [3.63, 3.8) is 0 Å². The van der Waals surface area contributed by atoms with E-state index in [1.54, 1.807) is 13.1 Å². The van der Waals surface area contributed by atoms with Gasteiger partial charge in [-0.2, -0.15) is 0 Å². The molecule has 1 aliphatic rings. The van der Waals surface area contributed by atoms with E-state index in [0.717, 1.165) is 11.5 Å². The molecular formula is C23H30N4O2. The van der Waals surface area contributed by atoms with Crippen LogP contribution in [0.5, 0.6) is 5.75 Å². The number of ether oxygens (including phenoxy) is 1. The van der Waals surface area contributed by atoms with Gasteiger partial charge in [0, 0.05) is 13.6 Å². The van der Waals surface area contributed by atoms with Crippen LogP contribution in [0.3, 0.4) is 0 Å². The third-order valence-corrected chi connectivity index (χ3v) is 5.19. The number of hydrogen-bond acceptors (Lipinski definition) is 3. The number of hydrogen-bond donors (Lipinski definition) is 3. The summed E-state index contributed by atoms with van der Waals surface area (Å²) in [6.07, 6.45) is 4.95. The van der Waals surface area contributed by atoms with E-state index in [1.165, 1.54) is 42.4 Å². The molecule has 0 saturated heterocycles. The summed E-state index contributed by atoms with van der Waals surface area (Å²) in [5, 5.41) is 6.79. The highest BCUT2D eigenvalue weighted by atomic mass is 16.5. The summed E-state index contributed by atoms with van der Waals surface area (Å²) in [6.45, 7) is 2.61. The van der Waals surface area contributed by atoms with Gasteiger partial charge in [-0.05, 0) is 67.0 Å². The summed E-state index contributed by atoms with van der Waals surface area (Å²) in [4.78, 5) is 15.2. The highest BCUT2D eigenvalue weighted by Gasteiger charge is 2.13. The molecule has 1 amide bonds. The van der Waals surface area contributed by atoms with Crippen LogP contribution in [-0.2, 0) is 24.2 Å². The third-order valence-electron chi connectivity index (χ3n) is 5.19. The summed E-state index contributed by atoms with van der Waals surface area (Å²) in [5.41, 5.74) is 10.4. The number of fused-ring (bicyclic) bond motifs is 1. The summed E-state index contributed by atoms with van der Waals surface area (Å²) in [6, 6.07) is 14.5. The molecule has 1 atom stereocenters. The number of aryl methyl sites for hydroxylation is 2. The zero-order chi connectivity index (χ0) is 20.6. The van der Waals surface area contributed by atoms with Gasteiger partial charge in [0.15, 0.2) is 12.6 Å². The fraction of sp³-hybridized carbons (Fsp3) is 0.391. The van der Waals surface area contributed by atoms with E-state index in [1.807, 2.05) is 18.2 Å². The van der Waals surface area contributed by atoms with Gasteiger partial charge in [0.05, 0.1) is 6.04 Å². The SMILES string of the molecule is CN=C(NCc1cccc(OCC(N)=O)c1)NC(C)c1ccc2c(c1)CCCC2. The van der Waals surface area contributed by atoms with E-state index in [9.17, 15) is 4.79 Å². The first-order valence-corrected chi connectivity index (χ1v) is 10.1. The molecule has 1 unspecified atom stereocenters. The number of rotatable bonds is 7. The lowest BCUT2D eigenvalue weighted by atomic mass is 9.89. The number of carbonyl (C=O) groups excluding carboxylic acids is 1. The number of nitrogens with two attached hydrogens (primary N) is 1. The number of amides is 1. The monoisotopic (exact) mass is 394 g/mol. The molecule has 3 rings (SSSR count). The molecule has 0 saturated carbocycles. The van der Waals surface area contributed by atoms with Gasteiger partial charge in [0.25, 0.3) is 5.91 Å². The van der Waals surface area contributed by atoms with Crippen molar-refractivity contribution in [2.75, 3.05) is 13.7 Å². The fourth-order valence-corrected chi connectivity index (χ4v) is 3.59. The Bertz CT molecular complexity index is 879. The van der Waals surface area contributed by atoms with Crippen molar-refractivity contribution < 1.29 is 9.53 Å². The molecule has 0 fully saturated rings. The van der Waals surface area contributed by atoms with Crippen LogP contribution in [0.4, 0.5) is 0 Å². The highest BCUT2D eigenvalue weighted by molar-refractivity contribution is 5.80. The van der Waals surface area contributed by atoms with Crippen LogP contribution >= 0.6 is 0 Å². The predicted molar refractivity (Wildman–Crippen MR) is 116 cm³/mol. The Morgan fingerprint density at radius 3 is 2.72 bits per heavy atom. The first-order valence-electron chi connectivity index (χ1n) is 10.1. The molecule has 1 aliphatic carbocycles. The van der Waals surface area contributed by atoms with Gasteiger partial charge in [0.2, 0.25) is 0 Å². The van der Waals surface area contributed by atoms with Crippen LogP contribution in [0.2, 0.25) is 0 Å². The van der Waals surface area contributed by atoms with Gasteiger partial charge in [-0.1, -0.05) is 30.3 Å². The molecule has 2 aromatic carbocycles. The summed E-state index contributed by atoms with van der Waals surface area (Å²) in [5.74, 6) is 0.862. The van der Waals surface area contributed by atoms with Crippen molar-refractivity contribution in [3.8, 4) is 5.75 Å². The molecule has 6 heteroatoms. The number of primary amides is 1. The van der Waals surface area contributed by atoms with E-state index in [4.69, 9.17) is 10.5 Å². The van der Waals surface area contributed by atoms with E-state index in [2.05, 4.69) is 40.7 Å². The maximum atomic E-state index is 10.9. The lowest BCUT2D eigenvalue weighted by molar-refractivity contribution is -0.119. The minimum atomic E-state index is -0.491. The van der Waals surface area contributed by atoms with Crippen molar-refractivity contribution in [1.29, 1.82) is 0 Å². The minimum Gasteiger partial charge on any atom is -0.484 e. The predicted octanol–water partition coefficient (Wildman–Crippen LogP) is 2.86. The van der Waals surface area contributed by atoms with Crippen LogP contribution in [0.25, 0.3) is 0 Å². The largest absolute Gasteiger partial charge is 0.484 e. The zero-order valence-electron chi connectivity index (χ0n) is 17.2. The maximum absolute atomic E-state index is 10.9. The van der Waals surface area contributed by atoms with Crippen molar-refractivity contribution in [2.45, 2.75) is 45.2 Å². The van der Waals surface area contributed by atoms with Crippen molar-refractivity contribution >= 4 is 11.9 Å². The van der Waals surface area contributed by atoms with E-state index in [0.29, 0.717) is 12.3 Å². The lowest BCUT2D eigenvalue weighted by Crippen LogP contribution is -2.38. The number of nitrogens with one attached hydrogen (secondary N) is 2. The van der Waals surface area contributed by atoms with Gasteiger partial charge in [0.1, 0.15) is 5.75 Å². The maximum Gasteiger partial charge on any atom is 0.255 e. The Labute approximate surface area is 172 Å². The number of nitrogens with zero attached hydrogens (tertiary/aromatic N) is 1. The second-order valence-corrected chi connectivity index (χ2v) is 7.43. The van der Waals surface area contributed by atoms with Gasteiger partial charge in [-0.3, -0.25) is 9.79 Å². The van der Waals surface area contributed by atoms with Crippen molar-refractivity contribution in [1.82, 2.24) is 10.6 Å². The second kappa shape index (κ2) is 9.96. The molecule has 154 valence electrons. The van der Waals surface area contributed by atoms with E-state index >= 15 is 0 Å². The zero-order valence-corrected chi connectivity index (χ0v) is 17.2. The Balaban J connectivity index is 1.57. The quantitative estimate of drug-likeness (QED) is 0.498. The first kappa shape index (κ1) is 20.7. The normalized spacial score (nSPS) is 14.6. The molecule has 0 radical (unpaired) electrons. The van der Waals surface area contributed by atoms with E-state index < -0.39 is 5.91 Å². The number of guanidine groups is 1. The van der Waals surface area contributed by atoms with Crippen LogP contribution < -0.4 is 21.1 Å². The molecule has 0 aliphatic heterocycles. The Hall–Kier alpha value is -3.02. The molecule has 29 heavy (non-hydrogen) atoms. The second-order valence-electron chi connectivity index (χ2n) is 7.43. The van der Waals surface area contributed by atoms with Gasteiger partial charge < -0.3 is 21.1 Å². The average Bonchev–Trinajstić information content (AvgIpc) is 2.75. The molecule has 6 nitrogen and oxygen atoms in total. The van der Waals surface area contributed by atoms with Crippen LogP contribution in [0.1, 0.15) is 48.1 Å². The lowest BCUT2D eigenvalue weighted by Gasteiger charge is -2.21. The number of carbonyl (C=O) groups is 1. The van der Waals surface area contributed by atoms with Gasteiger partial charge >= 0.3 is 0 Å². The van der Waals surface area contributed by atoms with E-state index in [-0.39, 0.29) is 12.6 Å². The Kier molecular flexibility index (Phi) is 7.11. The van der Waals surface area contributed by atoms with Gasteiger partial charge in [-0.15, -0.1) is 0 Å². The molecular weight excluding hydrogens is 364 g/mol. The first-order chi connectivity index (χ1) is 14.0. The third kappa shape index (κ3) is 5.98. The molecule has 0 heterocycles. The minimum absolute atomic E-state index is 0.127. The molecule has 2 aromatic rings. The summed E-state index contributed by atoms with van der Waals surface area (Å²) < 4.78 is 5.36. The van der Waals surface area contributed by atoms with Crippen molar-refractivity contribution in [2.24, 2.45) is 10.7 Å². The van der Waals surface area contributed by atoms with Crippen LogP contribution in [0.15, 0.2) is 47.5 Å². The van der Waals surface area contributed by atoms with Crippen LogP contribution in [-0.4, -0.2) is 25.5 Å². The standard InChI is InChI=1S/C23H30N4O2/c1-16(19-11-10-18-7-3-4-8-20(18)13-19)27-23(25-2)26-14-17-6-5-9-21(12-17)29-15-22(24)28/h5-6,9-13,16H,3-4,7-8,14-15H2,1-2H3,(H2,24,28)(H2,25,26,27). The smallest absolute Gasteiger partial charge is 0.255 e. The molecule has 0 aromatic heterocycles. The fourth-order valence-electron chi connectivity index (χ4n) is 3.59. The summed E-state index contributed by atoms with van der Waals surface area (Å²) in [7, 11) is 1.77. The topological polar surface area (TPSA) is 88.7 Å². The Morgan fingerprint density at radius 2 is 1.97 bits per heavy atom. The summed E-state index contributed by atoms with van der Waals surface area (Å²) >= 11 is 0.